The third-order valence-corrected chi connectivity index (χ3v) is 3.67. The number of fused-ring (bicyclic) bond motifs is 1. The van der Waals surface area contributed by atoms with Gasteiger partial charge >= 0.3 is 0 Å². The van der Waals surface area contributed by atoms with Crippen molar-refractivity contribution < 1.29 is 19.4 Å². The molecular weight excluding hydrogens is 330 g/mol. The highest BCUT2D eigenvalue weighted by molar-refractivity contribution is 6.35. The van der Waals surface area contributed by atoms with E-state index in [1.807, 2.05) is 18.2 Å². The van der Waals surface area contributed by atoms with Gasteiger partial charge in [0.15, 0.2) is 0 Å². The number of hydrogen-bond donors (Lipinski definition) is 0. The molecule has 0 amide bonds. The number of carbonyl (C=O) groups excluding carboxylic acids is 1. The molecule has 0 N–H and O–H groups in total. The number of nitrogens with zero attached hydrogens (tertiary/aromatic N) is 1. The number of benzene rings is 2. The molecule has 0 saturated carbocycles. The summed E-state index contributed by atoms with van der Waals surface area (Å²) in [6, 6.07) is 15.6. The van der Waals surface area contributed by atoms with Crippen molar-refractivity contribution >= 4 is 28.5 Å². The maximum absolute atomic E-state index is 10.7. The number of ether oxygens (including phenoxy) is 2. The van der Waals surface area contributed by atoms with E-state index >= 15 is 0 Å². The monoisotopic (exact) mass is 342 g/mol. The lowest BCUT2D eigenvalue weighted by Gasteiger charge is -2.15. The number of carboxylic acid groups (broad SMARTS) is 1. The summed E-state index contributed by atoms with van der Waals surface area (Å²) in [6.45, 7) is 1.41. The average Bonchev–Trinajstić information content (AvgIpc) is 2.56. The molecule has 122 valence electrons. The van der Waals surface area contributed by atoms with Crippen LogP contribution < -0.4 is 14.6 Å². The van der Waals surface area contributed by atoms with E-state index in [-0.39, 0.29) is 0 Å². The van der Waals surface area contributed by atoms with Gasteiger partial charge in [0.25, 0.3) is 0 Å². The molecule has 0 saturated heterocycles. The first kappa shape index (κ1) is 16.1. The molecule has 5 nitrogen and oxygen atoms in total. The lowest BCUT2D eigenvalue weighted by atomic mass is 10.2. The fraction of sp³-hybridized carbons (Fsp3) is 0.111. The smallest absolute Gasteiger partial charge is 0.219 e. The van der Waals surface area contributed by atoms with Gasteiger partial charge in [0.05, 0.1) is 11.5 Å². The molecule has 24 heavy (non-hydrogen) atoms. The molecule has 3 rings (SSSR count). The Hall–Kier alpha value is -2.79. The Morgan fingerprint density at radius 2 is 1.79 bits per heavy atom. The first-order chi connectivity index (χ1) is 11.5. The highest BCUT2D eigenvalue weighted by Gasteiger charge is 2.06. The topological polar surface area (TPSA) is 71.5 Å². The van der Waals surface area contributed by atoms with Gasteiger partial charge < -0.3 is 19.4 Å². The van der Waals surface area contributed by atoms with Crippen LogP contribution in [0.25, 0.3) is 10.9 Å². The highest BCUT2D eigenvalue weighted by atomic mass is 35.5. The second-order valence-electron chi connectivity index (χ2n) is 5.11. The van der Waals surface area contributed by atoms with Crippen molar-refractivity contribution in [2.75, 3.05) is 0 Å². The molecule has 0 aliphatic carbocycles. The summed E-state index contributed by atoms with van der Waals surface area (Å²) in [5.41, 5.74) is 0.739. The zero-order valence-corrected chi connectivity index (χ0v) is 13.5. The van der Waals surface area contributed by atoms with Gasteiger partial charge in [-0.15, -0.1) is 0 Å². The normalized spacial score (nSPS) is 11.9. The molecule has 1 aromatic heterocycles. The van der Waals surface area contributed by atoms with E-state index in [0.29, 0.717) is 22.4 Å². The predicted octanol–water partition coefficient (Wildman–Crippen LogP) is 3.20. The van der Waals surface area contributed by atoms with Gasteiger partial charge in [0.2, 0.25) is 5.88 Å². The summed E-state index contributed by atoms with van der Waals surface area (Å²) in [5, 5.41) is 12.2. The minimum absolute atomic E-state index is 0.414. The second kappa shape index (κ2) is 6.76. The number of hydrogen-bond acceptors (Lipinski definition) is 5. The minimum Gasteiger partial charge on any atom is -0.546 e. The Morgan fingerprint density at radius 3 is 2.50 bits per heavy atom. The van der Waals surface area contributed by atoms with E-state index in [1.165, 1.54) is 6.92 Å². The second-order valence-corrected chi connectivity index (χ2v) is 5.52. The van der Waals surface area contributed by atoms with Crippen molar-refractivity contribution in [3.63, 3.8) is 0 Å². The van der Waals surface area contributed by atoms with E-state index in [0.717, 1.165) is 10.9 Å². The summed E-state index contributed by atoms with van der Waals surface area (Å²) < 4.78 is 10.9. The first-order valence-electron chi connectivity index (χ1n) is 7.23. The molecule has 0 fully saturated rings. The van der Waals surface area contributed by atoms with E-state index < -0.39 is 12.1 Å². The van der Waals surface area contributed by atoms with Gasteiger partial charge in [0.1, 0.15) is 17.6 Å². The zero-order chi connectivity index (χ0) is 17.1. The highest BCUT2D eigenvalue weighted by Crippen LogP contribution is 2.27. The minimum atomic E-state index is -1.27. The van der Waals surface area contributed by atoms with Gasteiger partial charge in [-0.05, 0) is 49.4 Å². The number of carbonyl (C=O) groups is 1. The van der Waals surface area contributed by atoms with Gasteiger partial charge in [-0.2, -0.15) is 0 Å². The number of pyridine rings is 1. The SMILES string of the molecule is C[C@@H](Oc1ccc(Oc2ccc3c(Cl)cccc3n2)cc1)C(=O)[O-]. The third kappa shape index (κ3) is 3.58. The first-order valence-corrected chi connectivity index (χ1v) is 7.61. The van der Waals surface area contributed by atoms with Crippen molar-refractivity contribution in [2.24, 2.45) is 0 Å². The largest absolute Gasteiger partial charge is 0.546 e. The Balaban J connectivity index is 1.75. The number of carboxylic acids is 1. The Morgan fingerprint density at radius 1 is 1.08 bits per heavy atom. The molecule has 0 bridgehead atoms. The van der Waals surface area contributed by atoms with Crippen LogP contribution in [-0.2, 0) is 4.79 Å². The van der Waals surface area contributed by atoms with Crippen molar-refractivity contribution in [2.45, 2.75) is 13.0 Å². The lowest BCUT2D eigenvalue weighted by Crippen LogP contribution is -2.37. The number of rotatable bonds is 5. The molecule has 1 heterocycles. The van der Waals surface area contributed by atoms with Crippen molar-refractivity contribution in [3.05, 3.63) is 59.6 Å². The standard InChI is InChI=1S/C18H14ClNO4/c1-11(18(21)22)23-12-5-7-13(8-6-12)24-17-10-9-14-15(19)3-2-4-16(14)20-17/h2-11H,1H3,(H,21,22)/p-1/t11-/m1/s1. The molecule has 0 aliphatic rings. The summed E-state index contributed by atoms with van der Waals surface area (Å²) in [4.78, 5) is 15.1. The predicted molar refractivity (Wildman–Crippen MR) is 88.4 cm³/mol. The summed E-state index contributed by atoms with van der Waals surface area (Å²) in [7, 11) is 0. The molecule has 3 aromatic rings. The molecule has 6 heteroatoms. The fourth-order valence-electron chi connectivity index (χ4n) is 2.11. The van der Waals surface area contributed by atoms with E-state index in [2.05, 4.69) is 4.98 Å². The Labute approximate surface area is 143 Å². The Bertz CT molecular complexity index is 880. The Kier molecular flexibility index (Phi) is 4.53. The van der Waals surface area contributed by atoms with Crippen LogP contribution in [-0.4, -0.2) is 17.1 Å². The third-order valence-electron chi connectivity index (χ3n) is 3.34. The van der Waals surface area contributed by atoms with Crippen LogP contribution in [0, 0.1) is 0 Å². The molecule has 0 radical (unpaired) electrons. The summed E-state index contributed by atoms with van der Waals surface area (Å²) >= 11 is 6.11. The van der Waals surface area contributed by atoms with E-state index in [4.69, 9.17) is 21.1 Å². The fourth-order valence-corrected chi connectivity index (χ4v) is 2.35. The van der Waals surface area contributed by atoms with E-state index in [9.17, 15) is 9.90 Å². The van der Waals surface area contributed by atoms with Crippen LogP contribution in [0.3, 0.4) is 0 Å². The maximum atomic E-state index is 10.7. The number of aromatic nitrogens is 1. The number of halogens is 1. The molecule has 0 aliphatic heterocycles. The van der Waals surface area contributed by atoms with Crippen LogP contribution >= 0.6 is 11.6 Å². The van der Waals surface area contributed by atoms with Crippen LogP contribution in [0.5, 0.6) is 17.4 Å². The van der Waals surface area contributed by atoms with Crippen molar-refractivity contribution in [3.8, 4) is 17.4 Å². The van der Waals surface area contributed by atoms with Gasteiger partial charge in [-0.3, -0.25) is 0 Å². The zero-order valence-electron chi connectivity index (χ0n) is 12.7. The van der Waals surface area contributed by atoms with Gasteiger partial charge in [-0.1, -0.05) is 17.7 Å². The van der Waals surface area contributed by atoms with Crippen LogP contribution in [0.1, 0.15) is 6.92 Å². The summed E-state index contributed by atoms with van der Waals surface area (Å²) in [5.74, 6) is 0.130. The average molecular weight is 343 g/mol. The number of aliphatic carboxylic acids is 1. The van der Waals surface area contributed by atoms with Crippen LogP contribution in [0.2, 0.25) is 5.02 Å². The maximum Gasteiger partial charge on any atom is 0.219 e. The van der Waals surface area contributed by atoms with Crippen molar-refractivity contribution in [1.82, 2.24) is 4.98 Å². The van der Waals surface area contributed by atoms with E-state index in [1.54, 1.807) is 36.4 Å². The van der Waals surface area contributed by atoms with Crippen LogP contribution in [0.15, 0.2) is 54.6 Å². The molecule has 1 atom stereocenters. The molecular formula is C18H13ClNO4-. The van der Waals surface area contributed by atoms with Gasteiger partial charge in [-0.25, -0.2) is 4.98 Å². The molecule has 2 aromatic carbocycles. The van der Waals surface area contributed by atoms with Crippen LogP contribution in [0.4, 0.5) is 0 Å². The lowest BCUT2D eigenvalue weighted by molar-refractivity contribution is -0.312. The van der Waals surface area contributed by atoms with Gasteiger partial charge in [0, 0.05) is 16.5 Å². The molecule has 0 spiro atoms. The molecule has 0 unspecified atom stereocenters. The summed E-state index contributed by atoms with van der Waals surface area (Å²) in [6.07, 6.45) is -1.02. The van der Waals surface area contributed by atoms with Crippen molar-refractivity contribution in [1.29, 1.82) is 0 Å². The quantitative estimate of drug-likeness (QED) is 0.712.